The van der Waals surface area contributed by atoms with Crippen LogP contribution in [0.2, 0.25) is 10.0 Å². The van der Waals surface area contributed by atoms with Crippen LogP contribution in [-0.4, -0.2) is 54.3 Å². The molecule has 0 aliphatic carbocycles. The number of aromatic nitrogens is 2. The van der Waals surface area contributed by atoms with E-state index in [0.717, 1.165) is 31.5 Å². The summed E-state index contributed by atoms with van der Waals surface area (Å²) in [5.74, 6) is 0.676. The van der Waals surface area contributed by atoms with Crippen LogP contribution >= 0.6 is 23.2 Å². The first-order valence-corrected chi connectivity index (χ1v) is 13.3. The Bertz CT molecular complexity index is 1140. The van der Waals surface area contributed by atoms with Gasteiger partial charge in [0.05, 0.1) is 9.92 Å². The fourth-order valence-electron chi connectivity index (χ4n) is 4.54. The van der Waals surface area contributed by atoms with Gasteiger partial charge in [0.1, 0.15) is 10.8 Å². The molecule has 0 radical (unpaired) electrons. The molecule has 1 N–H and O–H groups in total. The normalized spacial score (nSPS) is 22.8. The number of ether oxygens (including phenoxy) is 1. The van der Waals surface area contributed by atoms with Crippen molar-refractivity contribution in [2.75, 3.05) is 11.2 Å². The van der Waals surface area contributed by atoms with Crippen LogP contribution in [0.25, 0.3) is 0 Å². The van der Waals surface area contributed by atoms with Gasteiger partial charge in [0, 0.05) is 36.8 Å². The zero-order valence-electron chi connectivity index (χ0n) is 18.6. The third-order valence-corrected chi connectivity index (χ3v) is 7.73. The quantitative estimate of drug-likeness (QED) is 0.629. The van der Waals surface area contributed by atoms with Gasteiger partial charge in [-0.05, 0) is 57.7 Å². The number of fused-ring (bicyclic) bond motifs is 2. The van der Waals surface area contributed by atoms with Gasteiger partial charge in [-0.1, -0.05) is 23.2 Å². The fraction of sp³-hybridized carbons (Fsp3) is 0.500. The Kier molecular flexibility index (Phi) is 6.50. The Morgan fingerprint density at radius 2 is 1.82 bits per heavy atom. The summed E-state index contributed by atoms with van der Waals surface area (Å²) in [4.78, 5) is 24.0. The number of sulfone groups is 1. The summed E-state index contributed by atoms with van der Waals surface area (Å²) in [6, 6.07) is 5.33. The number of pyridine rings is 2. The van der Waals surface area contributed by atoms with E-state index in [4.69, 9.17) is 27.9 Å². The third-order valence-electron chi connectivity index (χ3n) is 6.15. The van der Waals surface area contributed by atoms with Gasteiger partial charge in [0.2, 0.25) is 5.88 Å². The Morgan fingerprint density at radius 3 is 2.36 bits per heavy atom. The van der Waals surface area contributed by atoms with Gasteiger partial charge < -0.3 is 15.0 Å². The van der Waals surface area contributed by atoms with E-state index in [0.29, 0.717) is 5.02 Å². The molecule has 0 saturated carbocycles. The van der Waals surface area contributed by atoms with E-state index in [1.807, 2.05) is 0 Å². The minimum absolute atomic E-state index is 0.00179. The van der Waals surface area contributed by atoms with Crippen molar-refractivity contribution in [2.24, 2.45) is 0 Å². The van der Waals surface area contributed by atoms with Crippen LogP contribution in [-0.2, 0) is 14.6 Å². The van der Waals surface area contributed by atoms with Gasteiger partial charge in [-0.3, -0.25) is 4.79 Å². The number of piperidine rings is 1. The summed E-state index contributed by atoms with van der Waals surface area (Å²) in [6.45, 7) is 3.35. The molecule has 33 heavy (non-hydrogen) atoms. The van der Waals surface area contributed by atoms with Crippen LogP contribution < -0.4 is 15.0 Å². The molecule has 3 atom stereocenters. The first-order valence-electron chi connectivity index (χ1n) is 10.7. The molecule has 0 spiro atoms. The standard InChI is InChI=1S/C22H26Cl2N4O4S/c1-22(2,32-20-18(24)8-13(23)11-26-20)21(29)27-14-9-15-4-5-16(10-14)28(15)19-7-6-17(12-25-19)33(3,30)31/h6-8,11-12,14-16H,4-5,9-10H2,1-3H3,(H,27,29)/t14?,15-,16+. The molecule has 1 amide bonds. The van der Waals surface area contributed by atoms with E-state index in [9.17, 15) is 13.2 Å². The zero-order valence-corrected chi connectivity index (χ0v) is 20.9. The first kappa shape index (κ1) is 24.0. The first-order chi connectivity index (χ1) is 15.4. The average Bonchev–Trinajstić information content (AvgIpc) is 3.00. The molecule has 0 aromatic carbocycles. The predicted octanol–water partition coefficient (Wildman–Crippen LogP) is 3.66. The molecule has 1 unspecified atom stereocenters. The van der Waals surface area contributed by atoms with Crippen molar-refractivity contribution in [1.82, 2.24) is 15.3 Å². The number of amides is 1. The molecule has 11 heteroatoms. The highest BCUT2D eigenvalue weighted by molar-refractivity contribution is 7.90. The van der Waals surface area contributed by atoms with Crippen LogP contribution in [0.3, 0.4) is 0 Å². The molecular weight excluding hydrogens is 487 g/mol. The Balaban J connectivity index is 1.41. The monoisotopic (exact) mass is 512 g/mol. The van der Waals surface area contributed by atoms with Crippen molar-refractivity contribution < 1.29 is 17.9 Å². The number of rotatable bonds is 6. The van der Waals surface area contributed by atoms with E-state index in [-0.39, 0.29) is 39.8 Å². The number of nitrogens with one attached hydrogen (secondary N) is 1. The number of halogens is 2. The topological polar surface area (TPSA) is 101 Å². The Labute approximate surface area is 203 Å². The Hall–Kier alpha value is -2.10. The van der Waals surface area contributed by atoms with Gasteiger partial charge in [-0.25, -0.2) is 18.4 Å². The maximum Gasteiger partial charge on any atom is 0.263 e. The minimum atomic E-state index is -3.29. The lowest BCUT2D eigenvalue weighted by Gasteiger charge is -2.40. The number of anilines is 1. The highest BCUT2D eigenvalue weighted by atomic mass is 35.5. The van der Waals surface area contributed by atoms with E-state index in [2.05, 4.69) is 20.2 Å². The molecule has 8 nitrogen and oxygen atoms in total. The summed E-state index contributed by atoms with van der Waals surface area (Å²) in [6.07, 6.45) is 7.53. The van der Waals surface area contributed by atoms with Gasteiger partial charge in [0.25, 0.3) is 5.91 Å². The highest BCUT2D eigenvalue weighted by Gasteiger charge is 2.43. The van der Waals surface area contributed by atoms with Gasteiger partial charge in [0.15, 0.2) is 15.4 Å². The molecule has 2 aromatic heterocycles. The van der Waals surface area contributed by atoms with E-state index in [1.165, 1.54) is 24.7 Å². The summed E-state index contributed by atoms with van der Waals surface area (Å²) in [5.41, 5.74) is -1.18. The summed E-state index contributed by atoms with van der Waals surface area (Å²) < 4.78 is 29.2. The molecular formula is C22H26Cl2N4O4S. The van der Waals surface area contributed by atoms with Crippen LogP contribution in [0.5, 0.6) is 5.88 Å². The zero-order chi connectivity index (χ0) is 24.0. The lowest BCUT2D eigenvalue weighted by atomic mass is 9.96. The minimum Gasteiger partial charge on any atom is -0.460 e. The molecule has 2 aromatic rings. The number of carbonyl (C=O) groups excluding carboxylic acids is 1. The van der Waals surface area contributed by atoms with Gasteiger partial charge in [-0.15, -0.1) is 0 Å². The Morgan fingerprint density at radius 1 is 1.15 bits per heavy atom. The highest BCUT2D eigenvalue weighted by Crippen LogP contribution is 2.39. The van der Waals surface area contributed by atoms with Crippen molar-refractivity contribution in [3.8, 4) is 5.88 Å². The molecule has 178 valence electrons. The number of hydrogen-bond acceptors (Lipinski definition) is 7. The third kappa shape index (κ3) is 5.20. The van der Waals surface area contributed by atoms with E-state index >= 15 is 0 Å². The summed E-state index contributed by atoms with van der Waals surface area (Å²) >= 11 is 12.0. The van der Waals surface area contributed by atoms with Crippen LogP contribution in [0.1, 0.15) is 39.5 Å². The van der Waals surface area contributed by atoms with E-state index < -0.39 is 15.4 Å². The van der Waals surface area contributed by atoms with Crippen molar-refractivity contribution in [1.29, 1.82) is 0 Å². The lowest BCUT2D eigenvalue weighted by Crippen LogP contribution is -2.55. The van der Waals surface area contributed by atoms with E-state index in [1.54, 1.807) is 26.0 Å². The maximum absolute atomic E-state index is 13.0. The largest absolute Gasteiger partial charge is 0.460 e. The molecule has 4 rings (SSSR count). The van der Waals surface area contributed by atoms with Gasteiger partial charge in [-0.2, -0.15) is 0 Å². The van der Waals surface area contributed by atoms with Crippen LogP contribution in [0, 0.1) is 0 Å². The second kappa shape index (κ2) is 8.92. The molecule has 2 bridgehead atoms. The summed E-state index contributed by atoms with van der Waals surface area (Å²) in [7, 11) is -3.29. The molecule has 2 fully saturated rings. The number of carbonyl (C=O) groups is 1. The SMILES string of the molecule is CC(C)(Oc1ncc(Cl)cc1Cl)C(=O)NC1C[C@H]2CC[C@@H](C1)N2c1ccc(S(C)(=O)=O)cn1. The lowest BCUT2D eigenvalue weighted by molar-refractivity contribution is -0.135. The van der Waals surface area contributed by atoms with Crippen LogP contribution in [0.15, 0.2) is 35.5 Å². The second-order valence-electron chi connectivity index (χ2n) is 9.11. The summed E-state index contributed by atoms with van der Waals surface area (Å²) in [5, 5.41) is 3.75. The van der Waals surface area contributed by atoms with Crippen molar-refractivity contribution >= 4 is 44.8 Å². The van der Waals surface area contributed by atoms with Crippen molar-refractivity contribution in [3.05, 3.63) is 40.6 Å². The molecule has 4 heterocycles. The molecule has 2 aliphatic heterocycles. The molecule has 2 saturated heterocycles. The number of hydrogen-bond donors (Lipinski definition) is 1. The van der Waals surface area contributed by atoms with Gasteiger partial charge >= 0.3 is 0 Å². The molecule has 2 aliphatic rings. The van der Waals surface area contributed by atoms with Crippen LogP contribution in [0.4, 0.5) is 5.82 Å². The fourth-order valence-corrected chi connectivity index (χ4v) is 5.52. The smallest absolute Gasteiger partial charge is 0.263 e. The number of nitrogens with zero attached hydrogens (tertiary/aromatic N) is 3. The average molecular weight is 513 g/mol. The van der Waals surface area contributed by atoms with Crippen molar-refractivity contribution in [2.45, 2.75) is 68.2 Å². The maximum atomic E-state index is 13.0. The van der Waals surface area contributed by atoms with Crippen molar-refractivity contribution in [3.63, 3.8) is 0 Å². The predicted molar refractivity (Wildman–Crippen MR) is 127 cm³/mol. The second-order valence-corrected chi connectivity index (χ2v) is 12.0.